The standard InChI is InChI=1S/C21H26N4O2/c1-14(2)20-11-19(27-25-20)13-24-21(22-3)23-12-15-5-6-17-10-18(26-4)8-7-16(17)9-15/h5-11,14H,12-13H2,1-4H3,(H2,22,23,24). The molecule has 0 radical (unpaired) electrons. The summed E-state index contributed by atoms with van der Waals surface area (Å²) in [5, 5.41) is 13.0. The summed E-state index contributed by atoms with van der Waals surface area (Å²) in [6.45, 7) is 5.40. The van der Waals surface area contributed by atoms with Crippen LogP contribution in [0.3, 0.4) is 0 Å². The second-order valence-electron chi connectivity index (χ2n) is 6.70. The van der Waals surface area contributed by atoms with Gasteiger partial charge in [0.05, 0.1) is 19.3 Å². The van der Waals surface area contributed by atoms with Crippen molar-refractivity contribution in [3.8, 4) is 5.75 Å². The molecule has 0 aliphatic carbocycles. The summed E-state index contributed by atoms with van der Waals surface area (Å²) >= 11 is 0. The number of guanidine groups is 1. The lowest BCUT2D eigenvalue weighted by Gasteiger charge is -2.11. The lowest BCUT2D eigenvalue weighted by Crippen LogP contribution is -2.36. The Balaban J connectivity index is 1.57. The summed E-state index contributed by atoms with van der Waals surface area (Å²) in [5.74, 6) is 2.73. The fraction of sp³-hybridized carbons (Fsp3) is 0.333. The van der Waals surface area contributed by atoms with Crippen molar-refractivity contribution in [2.45, 2.75) is 32.9 Å². The van der Waals surface area contributed by atoms with E-state index in [0.29, 0.717) is 25.0 Å². The molecule has 0 atom stereocenters. The third-order valence-electron chi connectivity index (χ3n) is 4.39. The van der Waals surface area contributed by atoms with Crippen LogP contribution in [0.5, 0.6) is 5.75 Å². The van der Waals surface area contributed by atoms with Crippen molar-refractivity contribution in [1.29, 1.82) is 0 Å². The molecule has 2 N–H and O–H groups in total. The Labute approximate surface area is 159 Å². The van der Waals surface area contributed by atoms with Crippen molar-refractivity contribution in [3.63, 3.8) is 0 Å². The third-order valence-corrected chi connectivity index (χ3v) is 4.39. The fourth-order valence-corrected chi connectivity index (χ4v) is 2.77. The van der Waals surface area contributed by atoms with Gasteiger partial charge in [0.1, 0.15) is 5.75 Å². The molecule has 0 saturated heterocycles. The number of nitrogens with zero attached hydrogens (tertiary/aromatic N) is 2. The predicted molar refractivity (Wildman–Crippen MR) is 108 cm³/mol. The Kier molecular flexibility index (Phi) is 5.96. The van der Waals surface area contributed by atoms with Crippen molar-refractivity contribution in [3.05, 3.63) is 59.5 Å². The van der Waals surface area contributed by atoms with Gasteiger partial charge >= 0.3 is 0 Å². The lowest BCUT2D eigenvalue weighted by molar-refractivity contribution is 0.372. The zero-order chi connectivity index (χ0) is 19.2. The molecule has 0 saturated carbocycles. The van der Waals surface area contributed by atoms with Crippen LogP contribution in [0.15, 0.2) is 52.0 Å². The Morgan fingerprint density at radius 3 is 2.52 bits per heavy atom. The normalized spacial score (nSPS) is 11.8. The van der Waals surface area contributed by atoms with Gasteiger partial charge in [-0.3, -0.25) is 4.99 Å². The monoisotopic (exact) mass is 366 g/mol. The maximum atomic E-state index is 5.35. The van der Waals surface area contributed by atoms with Gasteiger partial charge in [-0.15, -0.1) is 0 Å². The van der Waals surface area contributed by atoms with Crippen LogP contribution in [0.25, 0.3) is 10.8 Å². The Hall–Kier alpha value is -3.02. The molecule has 3 aromatic rings. The molecular formula is C21H26N4O2. The highest BCUT2D eigenvalue weighted by Crippen LogP contribution is 2.21. The van der Waals surface area contributed by atoms with Crippen molar-refractivity contribution in [2.75, 3.05) is 14.2 Å². The maximum Gasteiger partial charge on any atom is 0.191 e. The predicted octanol–water partition coefficient (Wildman–Crippen LogP) is 3.83. The molecule has 0 amide bonds. The zero-order valence-corrected chi connectivity index (χ0v) is 16.2. The first-order chi connectivity index (χ1) is 13.1. The number of aliphatic imine (C=N–C) groups is 1. The molecule has 0 aliphatic heterocycles. The lowest BCUT2D eigenvalue weighted by atomic mass is 10.1. The van der Waals surface area contributed by atoms with Gasteiger partial charge in [0.25, 0.3) is 0 Å². The van der Waals surface area contributed by atoms with Gasteiger partial charge in [-0.05, 0) is 40.5 Å². The minimum atomic E-state index is 0.354. The summed E-state index contributed by atoms with van der Waals surface area (Å²) in [6, 6.07) is 14.4. The van der Waals surface area contributed by atoms with Crippen LogP contribution in [0.4, 0.5) is 0 Å². The van der Waals surface area contributed by atoms with Crippen molar-refractivity contribution in [1.82, 2.24) is 15.8 Å². The van der Waals surface area contributed by atoms with Crippen LogP contribution >= 0.6 is 0 Å². The van der Waals surface area contributed by atoms with E-state index in [4.69, 9.17) is 9.26 Å². The summed E-state index contributed by atoms with van der Waals surface area (Å²) in [5.41, 5.74) is 2.14. The van der Waals surface area contributed by atoms with E-state index in [-0.39, 0.29) is 0 Å². The van der Waals surface area contributed by atoms with E-state index in [9.17, 15) is 0 Å². The van der Waals surface area contributed by atoms with Gasteiger partial charge in [-0.2, -0.15) is 0 Å². The first-order valence-electron chi connectivity index (χ1n) is 9.05. The van der Waals surface area contributed by atoms with Crippen LogP contribution in [0, 0.1) is 0 Å². The largest absolute Gasteiger partial charge is 0.497 e. The molecule has 0 aliphatic rings. The van der Waals surface area contributed by atoms with E-state index < -0.39 is 0 Å². The van der Waals surface area contributed by atoms with Gasteiger partial charge < -0.3 is 19.9 Å². The molecular weight excluding hydrogens is 340 g/mol. The SMILES string of the molecule is CN=C(NCc1ccc2cc(OC)ccc2c1)NCc1cc(C(C)C)no1. The number of methoxy groups -OCH3 is 1. The van der Waals surface area contributed by atoms with E-state index in [1.54, 1.807) is 14.2 Å². The summed E-state index contributed by atoms with van der Waals surface area (Å²) in [4.78, 5) is 4.26. The van der Waals surface area contributed by atoms with Gasteiger partial charge in [-0.25, -0.2) is 0 Å². The molecule has 0 unspecified atom stereocenters. The minimum Gasteiger partial charge on any atom is -0.497 e. The van der Waals surface area contributed by atoms with E-state index in [2.05, 4.69) is 58.9 Å². The smallest absolute Gasteiger partial charge is 0.191 e. The van der Waals surface area contributed by atoms with Gasteiger partial charge in [-0.1, -0.05) is 37.2 Å². The third kappa shape index (κ3) is 4.78. The Morgan fingerprint density at radius 2 is 1.81 bits per heavy atom. The molecule has 6 heteroatoms. The molecule has 142 valence electrons. The topological polar surface area (TPSA) is 71.7 Å². The van der Waals surface area contributed by atoms with Crippen LogP contribution in [-0.4, -0.2) is 25.3 Å². The highest BCUT2D eigenvalue weighted by Gasteiger charge is 2.08. The zero-order valence-electron chi connectivity index (χ0n) is 16.2. The quantitative estimate of drug-likeness (QED) is 0.512. The average molecular weight is 366 g/mol. The number of fused-ring (bicyclic) bond motifs is 1. The second kappa shape index (κ2) is 8.58. The van der Waals surface area contributed by atoms with Crippen molar-refractivity contribution < 1.29 is 9.26 Å². The van der Waals surface area contributed by atoms with E-state index in [1.165, 1.54) is 10.9 Å². The Morgan fingerprint density at radius 1 is 1.07 bits per heavy atom. The van der Waals surface area contributed by atoms with Crippen LogP contribution in [0.1, 0.15) is 36.8 Å². The van der Waals surface area contributed by atoms with E-state index >= 15 is 0 Å². The first-order valence-corrected chi connectivity index (χ1v) is 9.05. The van der Waals surface area contributed by atoms with Crippen molar-refractivity contribution in [2.24, 2.45) is 4.99 Å². The number of aromatic nitrogens is 1. The molecule has 1 aromatic heterocycles. The fourth-order valence-electron chi connectivity index (χ4n) is 2.77. The molecule has 2 aromatic carbocycles. The Bertz CT molecular complexity index is 931. The highest BCUT2D eigenvalue weighted by atomic mass is 16.5. The highest BCUT2D eigenvalue weighted by molar-refractivity contribution is 5.85. The number of nitrogens with one attached hydrogen (secondary N) is 2. The number of benzene rings is 2. The number of rotatable bonds is 6. The first kappa shape index (κ1) is 18.8. The molecule has 6 nitrogen and oxygen atoms in total. The number of hydrogen-bond donors (Lipinski definition) is 2. The maximum absolute atomic E-state index is 5.35. The summed E-state index contributed by atoms with van der Waals surface area (Å²) in [7, 11) is 3.43. The molecule has 0 spiro atoms. The summed E-state index contributed by atoms with van der Waals surface area (Å²) in [6.07, 6.45) is 0. The molecule has 1 heterocycles. The van der Waals surface area contributed by atoms with Gasteiger partial charge in [0.2, 0.25) is 0 Å². The molecule has 0 fully saturated rings. The molecule has 3 rings (SSSR count). The number of hydrogen-bond acceptors (Lipinski definition) is 4. The molecule has 0 bridgehead atoms. The van der Waals surface area contributed by atoms with Gasteiger partial charge in [0.15, 0.2) is 11.7 Å². The minimum absolute atomic E-state index is 0.354. The number of ether oxygens (including phenoxy) is 1. The summed E-state index contributed by atoms with van der Waals surface area (Å²) < 4.78 is 10.6. The van der Waals surface area contributed by atoms with Crippen molar-refractivity contribution >= 4 is 16.7 Å². The average Bonchev–Trinajstić information content (AvgIpc) is 3.17. The second-order valence-corrected chi connectivity index (χ2v) is 6.70. The van der Waals surface area contributed by atoms with E-state index in [1.807, 2.05) is 18.2 Å². The van der Waals surface area contributed by atoms with Gasteiger partial charge in [0, 0.05) is 19.7 Å². The van der Waals surface area contributed by atoms with Crippen LogP contribution in [0.2, 0.25) is 0 Å². The van der Waals surface area contributed by atoms with Crippen LogP contribution in [-0.2, 0) is 13.1 Å². The molecule has 27 heavy (non-hydrogen) atoms. The van der Waals surface area contributed by atoms with Crippen LogP contribution < -0.4 is 15.4 Å². The van der Waals surface area contributed by atoms with E-state index in [0.717, 1.165) is 22.6 Å².